The fraction of sp³-hybridized carbons (Fsp3) is 0.286. The second-order valence-electron chi connectivity index (χ2n) is 6.74. The minimum absolute atomic E-state index is 0.0376. The number of hydrogen-bond acceptors (Lipinski definition) is 6. The number of aryl methyl sites for hydroxylation is 1. The van der Waals surface area contributed by atoms with Crippen LogP contribution in [0.4, 0.5) is 5.69 Å². The summed E-state index contributed by atoms with van der Waals surface area (Å²) in [6.07, 6.45) is 2.37. The van der Waals surface area contributed by atoms with Crippen LogP contribution < -0.4 is 19.8 Å². The average Bonchev–Trinajstić information content (AvgIpc) is 3.15. The minimum atomic E-state index is -0.208. The van der Waals surface area contributed by atoms with Crippen molar-refractivity contribution in [2.24, 2.45) is 0 Å². The molecule has 0 spiro atoms. The van der Waals surface area contributed by atoms with Gasteiger partial charge in [0, 0.05) is 28.9 Å². The molecule has 1 N–H and O–H groups in total. The van der Waals surface area contributed by atoms with Crippen LogP contribution in [0.5, 0.6) is 11.5 Å². The Hall–Kier alpha value is -3.13. The molecule has 8 heteroatoms. The quantitative estimate of drug-likeness (QED) is 0.671. The molecule has 2 aromatic heterocycles. The van der Waals surface area contributed by atoms with E-state index in [4.69, 9.17) is 9.47 Å². The van der Waals surface area contributed by atoms with Crippen molar-refractivity contribution in [1.29, 1.82) is 0 Å². The topological polar surface area (TPSA) is 84.5 Å². The lowest BCUT2D eigenvalue weighted by Crippen LogP contribution is -2.38. The maximum absolute atomic E-state index is 12.6. The van der Waals surface area contributed by atoms with Gasteiger partial charge in [0.15, 0.2) is 12.4 Å². The summed E-state index contributed by atoms with van der Waals surface area (Å²) in [5.41, 5.74) is 2.85. The number of carbonyl (C=O) groups is 1. The number of hydrogen-bond donors (Lipinski definition) is 1. The van der Waals surface area contributed by atoms with Crippen molar-refractivity contribution in [2.75, 3.05) is 18.1 Å². The minimum Gasteiger partial charge on any atom is -0.488 e. The maximum Gasteiger partial charge on any atom is 0.265 e. The lowest BCUT2D eigenvalue weighted by molar-refractivity contribution is -0.121. The summed E-state index contributed by atoms with van der Waals surface area (Å²) in [5.74, 6) is 0.743. The van der Waals surface area contributed by atoms with Crippen LogP contribution >= 0.6 is 11.3 Å². The predicted molar refractivity (Wildman–Crippen MR) is 112 cm³/mol. The number of H-pyrrole nitrogens is 1. The van der Waals surface area contributed by atoms with Gasteiger partial charge in [0.1, 0.15) is 5.75 Å². The highest BCUT2D eigenvalue weighted by Crippen LogP contribution is 2.37. The molecule has 29 heavy (non-hydrogen) atoms. The Morgan fingerprint density at radius 1 is 1.31 bits per heavy atom. The standard InChI is InChI=1S/C21H21N3O4S/c1-3-6-27-20-9-22-15(8-18(20)25)10-24-17-7-14(16-12-29-13(2)23-16)4-5-19(17)28-11-21(24)26/h4-5,7-9,12H,3,6,10-11H2,1-2H3,(H,22,25). The van der Waals surface area contributed by atoms with Gasteiger partial charge in [0.25, 0.3) is 5.91 Å². The number of amides is 1. The van der Waals surface area contributed by atoms with Crippen LogP contribution in [0.3, 0.4) is 0 Å². The SMILES string of the molecule is CCCOc1c[nH]c(CN2C(=O)COc3ccc(-c4csc(C)n4)cc32)cc1=O. The lowest BCUT2D eigenvalue weighted by Gasteiger charge is -2.29. The predicted octanol–water partition coefficient (Wildman–Crippen LogP) is 3.52. The highest BCUT2D eigenvalue weighted by molar-refractivity contribution is 7.09. The summed E-state index contributed by atoms with van der Waals surface area (Å²) in [7, 11) is 0. The van der Waals surface area contributed by atoms with Crippen molar-refractivity contribution in [3.05, 3.63) is 56.8 Å². The van der Waals surface area contributed by atoms with Gasteiger partial charge in [-0.25, -0.2) is 4.98 Å². The Morgan fingerprint density at radius 2 is 2.17 bits per heavy atom. The lowest BCUT2D eigenvalue weighted by atomic mass is 10.1. The summed E-state index contributed by atoms with van der Waals surface area (Å²) in [5, 5.41) is 2.96. The molecule has 7 nitrogen and oxygen atoms in total. The van der Waals surface area contributed by atoms with E-state index >= 15 is 0 Å². The van der Waals surface area contributed by atoms with Crippen LogP contribution in [0.2, 0.25) is 0 Å². The average molecular weight is 411 g/mol. The van der Waals surface area contributed by atoms with E-state index in [9.17, 15) is 9.59 Å². The van der Waals surface area contributed by atoms with E-state index < -0.39 is 0 Å². The smallest absolute Gasteiger partial charge is 0.265 e. The van der Waals surface area contributed by atoms with Gasteiger partial charge in [-0.15, -0.1) is 11.3 Å². The van der Waals surface area contributed by atoms with E-state index in [2.05, 4.69) is 9.97 Å². The van der Waals surface area contributed by atoms with Crippen LogP contribution in [0, 0.1) is 6.92 Å². The fourth-order valence-corrected chi connectivity index (χ4v) is 3.74. The summed E-state index contributed by atoms with van der Waals surface area (Å²) in [4.78, 5) is 34.1. The Bertz CT molecular complexity index is 1110. The summed E-state index contributed by atoms with van der Waals surface area (Å²) in [6.45, 7) is 4.61. The molecule has 0 radical (unpaired) electrons. The van der Waals surface area contributed by atoms with Crippen molar-refractivity contribution < 1.29 is 14.3 Å². The molecule has 150 valence electrons. The molecule has 0 saturated heterocycles. The summed E-state index contributed by atoms with van der Waals surface area (Å²) in [6, 6.07) is 7.16. The molecule has 1 aliphatic heterocycles. The fourth-order valence-electron chi connectivity index (χ4n) is 3.12. The van der Waals surface area contributed by atoms with E-state index in [1.165, 1.54) is 6.07 Å². The molecule has 0 fully saturated rings. The van der Waals surface area contributed by atoms with Gasteiger partial charge in [0.2, 0.25) is 5.43 Å². The van der Waals surface area contributed by atoms with E-state index in [0.717, 1.165) is 22.7 Å². The number of fused-ring (bicyclic) bond motifs is 1. The van der Waals surface area contributed by atoms with Crippen LogP contribution in [-0.4, -0.2) is 29.1 Å². The van der Waals surface area contributed by atoms with Crippen molar-refractivity contribution in [3.63, 3.8) is 0 Å². The second-order valence-corrected chi connectivity index (χ2v) is 7.80. The van der Waals surface area contributed by atoms with Gasteiger partial charge in [-0.3, -0.25) is 9.59 Å². The first-order valence-electron chi connectivity index (χ1n) is 9.39. The number of ether oxygens (including phenoxy) is 2. The molecule has 0 atom stereocenters. The Morgan fingerprint density at radius 3 is 2.90 bits per heavy atom. The van der Waals surface area contributed by atoms with Gasteiger partial charge in [-0.05, 0) is 31.5 Å². The normalized spacial score (nSPS) is 13.2. The first-order valence-corrected chi connectivity index (χ1v) is 10.3. The van der Waals surface area contributed by atoms with Crippen LogP contribution in [0.15, 0.2) is 40.6 Å². The van der Waals surface area contributed by atoms with Crippen LogP contribution in [0.1, 0.15) is 24.0 Å². The Balaban J connectivity index is 1.64. The highest BCUT2D eigenvalue weighted by Gasteiger charge is 2.26. The zero-order valence-corrected chi connectivity index (χ0v) is 17.0. The number of aromatic amines is 1. The van der Waals surface area contributed by atoms with Crippen LogP contribution in [-0.2, 0) is 11.3 Å². The first-order chi connectivity index (χ1) is 14.0. The van der Waals surface area contributed by atoms with Gasteiger partial charge >= 0.3 is 0 Å². The number of aromatic nitrogens is 2. The van der Waals surface area contributed by atoms with Crippen molar-refractivity contribution in [2.45, 2.75) is 26.8 Å². The molecule has 1 amide bonds. The molecule has 4 rings (SSSR count). The number of thiazole rings is 1. The van der Waals surface area contributed by atoms with Gasteiger partial charge in [0.05, 0.1) is 29.5 Å². The monoisotopic (exact) mass is 411 g/mol. The third-order valence-corrected chi connectivity index (χ3v) is 5.32. The molecule has 0 saturated carbocycles. The molecule has 1 aliphatic rings. The van der Waals surface area contributed by atoms with Crippen molar-refractivity contribution in [1.82, 2.24) is 9.97 Å². The second kappa shape index (κ2) is 8.08. The number of rotatable bonds is 6. The molecule has 0 aliphatic carbocycles. The molecule has 0 unspecified atom stereocenters. The first kappa shape index (κ1) is 19.2. The third-order valence-electron chi connectivity index (χ3n) is 4.54. The third kappa shape index (κ3) is 4.02. The van der Waals surface area contributed by atoms with Gasteiger partial charge < -0.3 is 19.4 Å². The van der Waals surface area contributed by atoms with Crippen LogP contribution in [0.25, 0.3) is 11.3 Å². The molecule has 3 heterocycles. The number of carbonyl (C=O) groups excluding carboxylic acids is 1. The molecular formula is C21H21N3O4S. The molecule has 3 aromatic rings. The maximum atomic E-state index is 12.6. The summed E-state index contributed by atoms with van der Waals surface area (Å²) < 4.78 is 11.0. The van der Waals surface area contributed by atoms with E-state index in [-0.39, 0.29) is 30.2 Å². The molecule has 0 bridgehead atoms. The van der Waals surface area contributed by atoms with Gasteiger partial charge in [-0.2, -0.15) is 0 Å². The van der Waals surface area contributed by atoms with E-state index in [0.29, 0.717) is 23.7 Å². The Labute approximate surface area is 171 Å². The largest absolute Gasteiger partial charge is 0.488 e. The number of benzene rings is 1. The zero-order chi connectivity index (χ0) is 20.4. The number of nitrogens with zero attached hydrogens (tertiary/aromatic N) is 2. The van der Waals surface area contributed by atoms with Crippen molar-refractivity contribution in [3.8, 4) is 22.8 Å². The number of nitrogens with one attached hydrogen (secondary N) is 1. The Kier molecular flexibility index (Phi) is 5.35. The zero-order valence-electron chi connectivity index (χ0n) is 16.2. The van der Waals surface area contributed by atoms with Crippen molar-refractivity contribution >= 4 is 22.9 Å². The molecule has 1 aromatic carbocycles. The van der Waals surface area contributed by atoms with E-state index in [1.807, 2.05) is 37.4 Å². The molecular weight excluding hydrogens is 390 g/mol. The summed E-state index contributed by atoms with van der Waals surface area (Å²) >= 11 is 1.57. The number of pyridine rings is 1. The van der Waals surface area contributed by atoms with E-state index in [1.54, 1.807) is 22.4 Å². The highest BCUT2D eigenvalue weighted by atomic mass is 32.1. The van der Waals surface area contributed by atoms with Gasteiger partial charge in [-0.1, -0.05) is 6.92 Å². The number of anilines is 1.